The number of fused-ring (bicyclic) bond motifs is 3. The average Bonchev–Trinajstić information content (AvgIpc) is 3.00. The molecule has 0 saturated carbocycles. The summed E-state index contributed by atoms with van der Waals surface area (Å²) >= 11 is 0. The molecule has 1 N–H and O–H groups in total. The summed E-state index contributed by atoms with van der Waals surface area (Å²) in [7, 11) is 0. The molecule has 2 heterocycles. The standard InChI is InChI=1S/C23H25N3O/c1-16(2)10-12-26-22-8-6-17(21-5-3-4-11-24-21)13-19(22)20-14-18(25-15-27)7-9-23(20)26/h3-6,8,11,13,15,18H,1,7,9-10,12,14H2,2H3,(H,25,27). The highest BCUT2D eigenvalue weighted by Crippen LogP contribution is 2.35. The molecule has 1 aromatic carbocycles. The summed E-state index contributed by atoms with van der Waals surface area (Å²) < 4.78 is 2.46. The molecule has 3 aromatic rings. The van der Waals surface area contributed by atoms with Gasteiger partial charge in [-0.2, -0.15) is 0 Å². The van der Waals surface area contributed by atoms with Crippen molar-refractivity contribution in [3.63, 3.8) is 0 Å². The van der Waals surface area contributed by atoms with Crippen molar-refractivity contribution in [2.75, 3.05) is 0 Å². The Balaban J connectivity index is 1.83. The van der Waals surface area contributed by atoms with Gasteiger partial charge < -0.3 is 9.88 Å². The van der Waals surface area contributed by atoms with Gasteiger partial charge in [-0.05, 0) is 62.4 Å². The molecule has 2 aromatic heterocycles. The molecule has 4 rings (SSSR count). The van der Waals surface area contributed by atoms with Gasteiger partial charge in [0, 0.05) is 40.9 Å². The van der Waals surface area contributed by atoms with Crippen LogP contribution in [0.1, 0.15) is 31.0 Å². The number of amides is 1. The van der Waals surface area contributed by atoms with Gasteiger partial charge in [-0.25, -0.2) is 0 Å². The van der Waals surface area contributed by atoms with Crippen LogP contribution in [-0.4, -0.2) is 22.0 Å². The number of carbonyl (C=O) groups excluding carboxylic acids is 1. The van der Waals surface area contributed by atoms with E-state index in [0.717, 1.165) is 49.9 Å². The lowest BCUT2D eigenvalue weighted by Crippen LogP contribution is -2.33. The summed E-state index contributed by atoms with van der Waals surface area (Å²) in [6, 6.07) is 12.9. The average molecular weight is 359 g/mol. The van der Waals surface area contributed by atoms with E-state index in [1.165, 1.54) is 27.7 Å². The molecule has 1 aliphatic rings. The lowest BCUT2D eigenvalue weighted by atomic mass is 9.91. The van der Waals surface area contributed by atoms with Crippen LogP contribution in [0.15, 0.2) is 54.7 Å². The number of nitrogens with zero attached hydrogens (tertiary/aromatic N) is 2. The predicted molar refractivity (Wildman–Crippen MR) is 110 cm³/mol. The number of hydrogen-bond donors (Lipinski definition) is 1. The zero-order valence-electron chi connectivity index (χ0n) is 15.7. The number of carbonyl (C=O) groups is 1. The van der Waals surface area contributed by atoms with Crippen LogP contribution in [0.2, 0.25) is 0 Å². The molecule has 4 heteroatoms. The quantitative estimate of drug-likeness (QED) is 0.528. The van der Waals surface area contributed by atoms with Gasteiger partial charge in [-0.3, -0.25) is 9.78 Å². The van der Waals surface area contributed by atoms with Crippen LogP contribution >= 0.6 is 0 Å². The van der Waals surface area contributed by atoms with Gasteiger partial charge >= 0.3 is 0 Å². The largest absolute Gasteiger partial charge is 0.356 e. The van der Waals surface area contributed by atoms with Gasteiger partial charge in [-0.15, -0.1) is 6.58 Å². The molecule has 1 amide bonds. The molecule has 0 bridgehead atoms. The van der Waals surface area contributed by atoms with E-state index in [1.807, 2.05) is 24.4 Å². The van der Waals surface area contributed by atoms with Crippen molar-refractivity contribution >= 4 is 17.3 Å². The topological polar surface area (TPSA) is 46.9 Å². The molecule has 0 fully saturated rings. The van der Waals surface area contributed by atoms with E-state index in [0.29, 0.717) is 0 Å². The Bertz CT molecular complexity index is 988. The Morgan fingerprint density at radius 3 is 3.00 bits per heavy atom. The van der Waals surface area contributed by atoms with Gasteiger partial charge in [-0.1, -0.05) is 17.7 Å². The molecular weight excluding hydrogens is 334 g/mol. The molecule has 0 saturated heterocycles. The maximum absolute atomic E-state index is 10.9. The van der Waals surface area contributed by atoms with Crippen molar-refractivity contribution in [3.8, 4) is 11.3 Å². The van der Waals surface area contributed by atoms with Crippen LogP contribution in [0.4, 0.5) is 0 Å². The van der Waals surface area contributed by atoms with E-state index in [1.54, 1.807) is 0 Å². The van der Waals surface area contributed by atoms with Crippen molar-refractivity contribution in [1.82, 2.24) is 14.9 Å². The number of rotatable bonds is 6. The van der Waals surface area contributed by atoms with Crippen molar-refractivity contribution in [2.45, 2.75) is 45.2 Å². The normalized spacial score (nSPS) is 16.1. The number of aryl methyl sites for hydroxylation is 1. The third kappa shape index (κ3) is 3.39. The molecule has 1 unspecified atom stereocenters. The second kappa shape index (κ2) is 7.39. The van der Waals surface area contributed by atoms with Gasteiger partial charge in [0.25, 0.3) is 0 Å². The zero-order chi connectivity index (χ0) is 18.8. The fourth-order valence-corrected chi connectivity index (χ4v) is 4.14. The van der Waals surface area contributed by atoms with Crippen LogP contribution in [0.25, 0.3) is 22.2 Å². The van der Waals surface area contributed by atoms with Gasteiger partial charge in [0.15, 0.2) is 0 Å². The van der Waals surface area contributed by atoms with Crippen LogP contribution in [-0.2, 0) is 24.2 Å². The van der Waals surface area contributed by atoms with Gasteiger partial charge in [0.2, 0.25) is 6.41 Å². The van der Waals surface area contributed by atoms with E-state index in [4.69, 9.17) is 0 Å². The maximum Gasteiger partial charge on any atom is 0.207 e. The highest BCUT2D eigenvalue weighted by atomic mass is 16.1. The number of aromatic nitrogens is 2. The molecule has 4 nitrogen and oxygen atoms in total. The lowest BCUT2D eigenvalue weighted by Gasteiger charge is -2.23. The first-order chi connectivity index (χ1) is 13.2. The second-order valence-electron chi connectivity index (χ2n) is 7.46. The summed E-state index contributed by atoms with van der Waals surface area (Å²) in [6.07, 6.45) is 6.50. The van der Waals surface area contributed by atoms with Crippen molar-refractivity contribution in [2.24, 2.45) is 0 Å². The Morgan fingerprint density at radius 2 is 2.26 bits per heavy atom. The Labute approximate surface area is 159 Å². The maximum atomic E-state index is 10.9. The summed E-state index contributed by atoms with van der Waals surface area (Å²) in [6.45, 7) is 7.11. The number of benzene rings is 1. The molecule has 27 heavy (non-hydrogen) atoms. The molecule has 0 aliphatic heterocycles. The van der Waals surface area contributed by atoms with E-state index in [9.17, 15) is 4.79 Å². The monoisotopic (exact) mass is 359 g/mol. The zero-order valence-corrected chi connectivity index (χ0v) is 15.7. The van der Waals surface area contributed by atoms with E-state index in [2.05, 4.69) is 46.6 Å². The molecule has 1 atom stereocenters. The first kappa shape index (κ1) is 17.5. The number of hydrogen-bond acceptors (Lipinski definition) is 2. The minimum Gasteiger partial charge on any atom is -0.356 e. The number of allylic oxidation sites excluding steroid dienone is 1. The second-order valence-corrected chi connectivity index (χ2v) is 7.46. The fourth-order valence-electron chi connectivity index (χ4n) is 4.14. The molecule has 0 radical (unpaired) electrons. The Kier molecular flexibility index (Phi) is 4.80. The number of pyridine rings is 1. The first-order valence-corrected chi connectivity index (χ1v) is 9.57. The number of nitrogens with one attached hydrogen (secondary N) is 1. The minimum atomic E-state index is 0.216. The van der Waals surface area contributed by atoms with Crippen LogP contribution in [0.5, 0.6) is 0 Å². The fraction of sp³-hybridized carbons (Fsp3) is 0.304. The lowest BCUT2D eigenvalue weighted by molar-refractivity contribution is -0.110. The SMILES string of the molecule is C=C(C)CCn1c2c(c3cc(-c4ccccn4)ccc31)CC(NC=O)CC2. The Hall–Kier alpha value is -2.88. The summed E-state index contributed by atoms with van der Waals surface area (Å²) in [5, 5.41) is 4.26. The molecule has 1 aliphatic carbocycles. The summed E-state index contributed by atoms with van der Waals surface area (Å²) in [5.41, 5.74) is 7.37. The van der Waals surface area contributed by atoms with Crippen molar-refractivity contribution in [1.29, 1.82) is 0 Å². The van der Waals surface area contributed by atoms with E-state index in [-0.39, 0.29) is 6.04 Å². The highest BCUT2D eigenvalue weighted by Gasteiger charge is 2.25. The molecule has 0 spiro atoms. The first-order valence-electron chi connectivity index (χ1n) is 9.57. The van der Waals surface area contributed by atoms with Crippen LogP contribution < -0.4 is 5.32 Å². The third-order valence-corrected chi connectivity index (χ3v) is 5.49. The van der Waals surface area contributed by atoms with Gasteiger partial charge in [0.05, 0.1) is 5.69 Å². The molecular formula is C23H25N3O. The minimum absolute atomic E-state index is 0.216. The molecule has 138 valence electrons. The van der Waals surface area contributed by atoms with E-state index >= 15 is 0 Å². The third-order valence-electron chi connectivity index (χ3n) is 5.49. The van der Waals surface area contributed by atoms with Crippen LogP contribution in [0, 0.1) is 0 Å². The Morgan fingerprint density at radius 1 is 1.37 bits per heavy atom. The summed E-state index contributed by atoms with van der Waals surface area (Å²) in [4.78, 5) is 15.4. The highest BCUT2D eigenvalue weighted by molar-refractivity contribution is 5.90. The van der Waals surface area contributed by atoms with E-state index < -0.39 is 0 Å². The van der Waals surface area contributed by atoms with Crippen molar-refractivity contribution < 1.29 is 4.79 Å². The van der Waals surface area contributed by atoms with Gasteiger partial charge in [0.1, 0.15) is 0 Å². The van der Waals surface area contributed by atoms with Crippen molar-refractivity contribution in [3.05, 3.63) is 66.0 Å². The van der Waals surface area contributed by atoms with Crippen LogP contribution in [0.3, 0.4) is 0 Å². The predicted octanol–water partition coefficient (Wildman–Crippen LogP) is 4.27. The smallest absolute Gasteiger partial charge is 0.207 e. The summed E-state index contributed by atoms with van der Waals surface area (Å²) in [5.74, 6) is 0.